The zero-order valence-electron chi connectivity index (χ0n) is 11.0. The van der Waals surface area contributed by atoms with Gasteiger partial charge >= 0.3 is 0 Å². The summed E-state index contributed by atoms with van der Waals surface area (Å²) in [6, 6.07) is 3.93. The number of hydrogen-bond donors (Lipinski definition) is 1. The van der Waals surface area contributed by atoms with E-state index in [1.165, 1.54) is 11.3 Å². The molecule has 0 saturated heterocycles. The number of nitrogens with two attached hydrogens (primary N) is 1. The molecule has 1 atom stereocenters. The molecule has 0 bridgehead atoms. The molecule has 0 saturated carbocycles. The minimum Gasteiger partial charge on any atom is -0.501 e. The summed E-state index contributed by atoms with van der Waals surface area (Å²) in [5, 5.41) is 0. The summed E-state index contributed by atoms with van der Waals surface area (Å²) >= 11 is 0. The van der Waals surface area contributed by atoms with Crippen molar-refractivity contribution < 1.29 is 4.74 Å². The van der Waals surface area contributed by atoms with E-state index in [0.717, 1.165) is 18.0 Å². The Kier molecular flexibility index (Phi) is 2.74. The molecule has 0 aliphatic heterocycles. The number of fused-ring (bicyclic) bond motifs is 1. The van der Waals surface area contributed by atoms with Gasteiger partial charge in [0.25, 0.3) is 0 Å². The van der Waals surface area contributed by atoms with Crippen LogP contribution in [0, 0.1) is 5.92 Å². The molecule has 0 fully saturated rings. The van der Waals surface area contributed by atoms with Crippen molar-refractivity contribution in [2.24, 2.45) is 5.92 Å². The number of aromatic nitrogens is 3. The average Bonchev–Trinajstić information content (AvgIpc) is 2.80. The highest BCUT2D eigenvalue weighted by atomic mass is 16.5. The van der Waals surface area contributed by atoms with Crippen molar-refractivity contribution in [2.45, 2.75) is 13.3 Å². The molecular weight excluding hydrogens is 240 g/mol. The van der Waals surface area contributed by atoms with Crippen LogP contribution in [-0.2, 0) is 11.2 Å². The van der Waals surface area contributed by atoms with Crippen LogP contribution in [0.15, 0.2) is 30.3 Å². The molecule has 0 amide bonds. The van der Waals surface area contributed by atoms with Crippen LogP contribution in [0.3, 0.4) is 0 Å². The summed E-state index contributed by atoms with van der Waals surface area (Å²) in [5.41, 5.74) is 8.05. The normalized spacial score (nSPS) is 17.8. The summed E-state index contributed by atoms with van der Waals surface area (Å²) in [5.74, 6) is 2.48. The minimum absolute atomic E-state index is 0.289. The van der Waals surface area contributed by atoms with Gasteiger partial charge in [0, 0.05) is 24.0 Å². The molecule has 2 N–H and O–H groups in total. The lowest BCUT2D eigenvalue weighted by Gasteiger charge is -2.21. The molecule has 2 aromatic rings. The number of nitrogen functional groups attached to an aromatic ring is 1. The first-order valence-corrected chi connectivity index (χ1v) is 6.23. The van der Waals surface area contributed by atoms with Crippen molar-refractivity contribution in [1.82, 2.24) is 14.5 Å². The van der Waals surface area contributed by atoms with E-state index in [-0.39, 0.29) is 5.95 Å². The van der Waals surface area contributed by atoms with Crippen LogP contribution in [0.25, 0.3) is 11.9 Å². The van der Waals surface area contributed by atoms with E-state index in [4.69, 9.17) is 10.5 Å². The number of nitrogens with zero attached hydrogens (tertiary/aromatic N) is 3. The summed E-state index contributed by atoms with van der Waals surface area (Å²) < 4.78 is 7.46. The summed E-state index contributed by atoms with van der Waals surface area (Å²) in [7, 11) is 1.72. The lowest BCUT2D eigenvalue weighted by molar-refractivity contribution is 0.248. The Labute approximate surface area is 111 Å². The van der Waals surface area contributed by atoms with E-state index in [1.807, 2.05) is 12.3 Å². The second-order valence-corrected chi connectivity index (χ2v) is 4.72. The Balaban J connectivity index is 2.08. The van der Waals surface area contributed by atoms with Crippen LogP contribution in [0.4, 0.5) is 5.95 Å². The van der Waals surface area contributed by atoms with Gasteiger partial charge in [-0.2, -0.15) is 4.98 Å². The van der Waals surface area contributed by atoms with Gasteiger partial charge in [-0.05, 0) is 30.2 Å². The first-order chi connectivity index (χ1) is 9.19. The first kappa shape index (κ1) is 11.8. The summed E-state index contributed by atoms with van der Waals surface area (Å²) in [6.45, 7) is 2.16. The van der Waals surface area contributed by atoms with E-state index in [0.29, 0.717) is 5.92 Å². The molecule has 5 heteroatoms. The van der Waals surface area contributed by atoms with Gasteiger partial charge in [0.2, 0.25) is 5.95 Å². The van der Waals surface area contributed by atoms with Crippen molar-refractivity contribution in [3.8, 4) is 5.82 Å². The van der Waals surface area contributed by atoms with Gasteiger partial charge in [0.15, 0.2) is 0 Å². The highest BCUT2D eigenvalue weighted by Crippen LogP contribution is 2.30. The van der Waals surface area contributed by atoms with Crippen LogP contribution in [-0.4, -0.2) is 21.6 Å². The Bertz CT molecular complexity index is 645. The average molecular weight is 256 g/mol. The van der Waals surface area contributed by atoms with Crippen LogP contribution >= 0.6 is 0 Å². The third-order valence-corrected chi connectivity index (χ3v) is 3.45. The van der Waals surface area contributed by atoms with Crippen molar-refractivity contribution in [3.05, 3.63) is 41.5 Å². The van der Waals surface area contributed by atoms with Crippen molar-refractivity contribution in [3.63, 3.8) is 0 Å². The maximum absolute atomic E-state index is 5.64. The maximum Gasteiger partial charge on any atom is 0.221 e. The summed E-state index contributed by atoms with van der Waals surface area (Å²) in [6.07, 6.45) is 6.69. The third-order valence-electron chi connectivity index (χ3n) is 3.45. The van der Waals surface area contributed by atoms with Gasteiger partial charge in [-0.3, -0.25) is 0 Å². The van der Waals surface area contributed by atoms with Crippen molar-refractivity contribution in [1.29, 1.82) is 0 Å². The molecular formula is C14H16N4O. The molecule has 3 rings (SSSR count). The van der Waals surface area contributed by atoms with E-state index >= 15 is 0 Å². The molecule has 2 aromatic heterocycles. The number of methoxy groups -OCH3 is 1. The van der Waals surface area contributed by atoms with E-state index in [2.05, 4.69) is 33.6 Å². The van der Waals surface area contributed by atoms with Gasteiger partial charge in [0.1, 0.15) is 5.82 Å². The van der Waals surface area contributed by atoms with Gasteiger partial charge in [0.05, 0.1) is 12.9 Å². The van der Waals surface area contributed by atoms with Crippen molar-refractivity contribution >= 4 is 12.0 Å². The van der Waals surface area contributed by atoms with Crippen LogP contribution in [0.5, 0.6) is 0 Å². The Morgan fingerprint density at radius 1 is 1.42 bits per heavy atom. The fourth-order valence-corrected chi connectivity index (χ4v) is 2.49. The molecule has 1 aliphatic rings. The zero-order chi connectivity index (χ0) is 13.4. The SMILES string of the molecule is COC1=Cc2ccn(-c3ccnc(N)n3)c2CC1C. The largest absolute Gasteiger partial charge is 0.501 e. The van der Waals surface area contributed by atoms with Crippen LogP contribution in [0.2, 0.25) is 0 Å². The summed E-state index contributed by atoms with van der Waals surface area (Å²) in [4.78, 5) is 8.19. The van der Waals surface area contributed by atoms with Crippen LogP contribution < -0.4 is 5.73 Å². The lowest BCUT2D eigenvalue weighted by atomic mass is 9.94. The minimum atomic E-state index is 0.289. The van der Waals surface area contributed by atoms with Crippen LogP contribution in [0.1, 0.15) is 18.2 Å². The lowest BCUT2D eigenvalue weighted by Crippen LogP contribution is -2.14. The highest BCUT2D eigenvalue weighted by Gasteiger charge is 2.22. The predicted molar refractivity (Wildman–Crippen MR) is 73.6 cm³/mol. The Hall–Kier alpha value is -2.30. The third kappa shape index (κ3) is 1.97. The number of hydrogen-bond acceptors (Lipinski definition) is 4. The number of anilines is 1. The monoisotopic (exact) mass is 256 g/mol. The Morgan fingerprint density at radius 3 is 3.00 bits per heavy atom. The van der Waals surface area contributed by atoms with Gasteiger partial charge < -0.3 is 15.0 Å². The van der Waals surface area contributed by atoms with Gasteiger partial charge in [-0.1, -0.05) is 6.92 Å². The second kappa shape index (κ2) is 4.42. The number of allylic oxidation sites excluding steroid dienone is 1. The Morgan fingerprint density at radius 2 is 2.26 bits per heavy atom. The molecule has 0 spiro atoms. The fourth-order valence-electron chi connectivity index (χ4n) is 2.49. The van der Waals surface area contributed by atoms with E-state index in [9.17, 15) is 0 Å². The van der Waals surface area contributed by atoms with E-state index < -0.39 is 0 Å². The van der Waals surface area contributed by atoms with Crippen molar-refractivity contribution in [2.75, 3.05) is 12.8 Å². The molecule has 0 radical (unpaired) electrons. The number of ether oxygens (including phenoxy) is 1. The zero-order valence-corrected chi connectivity index (χ0v) is 11.0. The smallest absolute Gasteiger partial charge is 0.221 e. The maximum atomic E-state index is 5.64. The second-order valence-electron chi connectivity index (χ2n) is 4.72. The fraction of sp³-hybridized carbons (Fsp3) is 0.286. The molecule has 0 aromatic carbocycles. The topological polar surface area (TPSA) is 66.0 Å². The number of rotatable bonds is 2. The first-order valence-electron chi connectivity index (χ1n) is 6.23. The quantitative estimate of drug-likeness (QED) is 0.892. The van der Waals surface area contributed by atoms with Gasteiger partial charge in [-0.15, -0.1) is 0 Å². The molecule has 5 nitrogen and oxygen atoms in total. The van der Waals surface area contributed by atoms with Gasteiger partial charge in [-0.25, -0.2) is 4.98 Å². The molecule has 2 heterocycles. The van der Waals surface area contributed by atoms with E-state index in [1.54, 1.807) is 13.3 Å². The molecule has 98 valence electrons. The highest BCUT2D eigenvalue weighted by molar-refractivity contribution is 5.59. The molecule has 1 unspecified atom stereocenters. The molecule has 1 aliphatic carbocycles. The standard InChI is InChI=1S/C14H16N4O/c1-9-7-11-10(8-12(9)19-2)4-6-18(11)13-3-5-16-14(15)17-13/h3-6,8-9H,7H2,1-2H3,(H2,15,16,17). The predicted octanol–water partition coefficient (Wildman–Crippen LogP) is 2.03. The molecule has 19 heavy (non-hydrogen) atoms.